The first-order valence-corrected chi connectivity index (χ1v) is 9.33. The average Bonchev–Trinajstić information content (AvgIpc) is 2.64. The van der Waals surface area contributed by atoms with Crippen molar-refractivity contribution in [3.63, 3.8) is 0 Å². The van der Waals surface area contributed by atoms with Crippen molar-refractivity contribution < 1.29 is 4.79 Å². The minimum Gasteiger partial charge on any atom is -0.381 e. The summed E-state index contributed by atoms with van der Waals surface area (Å²) in [5.41, 5.74) is 2.67. The number of carbonyl (C=O) groups excluding carboxylic acids is 1. The Hall–Kier alpha value is -2.07. The number of aromatic nitrogens is 1. The quantitative estimate of drug-likeness (QED) is 0.802. The summed E-state index contributed by atoms with van der Waals surface area (Å²) in [6.07, 6.45) is 10.4. The predicted molar refractivity (Wildman–Crippen MR) is 102 cm³/mol. The highest BCUT2D eigenvalue weighted by Gasteiger charge is 2.14. The molecule has 0 radical (unpaired) electrons. The minimum atomic E-state index is -0.0891. The molecule has 0 saturated heterocycles. The van der Waals surface area contributed by atoms with E-state index < -0.39 is 0 Å². The molecule has 0 bridgehead atoms. The molecule has 1 fully saturated rings. The van der Waals surface area contributed by atoms with Gasteiger partial charge < -0.3 is 10.6 Å². The zero-order valence-corrected chi connectivity index (χ0v) is 15.1. The maximum absolute atomic E-state index is 12.3. The highest BCUT2D eigenvalue weighted by atomic mass is 35.5. The van der Waals surface area contributed by atoms with E-state index in [-0.39, 0.29) is 5.91 Å². The van der Waals surface area contributed by atoms with Crippen molar-refractivity contribution in [1.29, 1.82) is 0 Å². The van der Waals surface area contributed by atoms with Gasteiger partial charge in [0.25, 0.3) is 5.91 Å². The van der Waals surface area contributed by atoms with Crippen molar-refractivity contribution in [2.24, 2.45) is 0 Å². The Morgan fingerprint density at radius 2 is 1.88 bits per heavy atom. The van der Waals surface area contributed by atoms with Gasteiger partial charge in [-0.25, -0.2) is 0 Å². The first-order chi connectivity index (χ1) is 12.2. The zero-order chi connectivity index (χ0) is 17.5. The van der Waals surface area contributed by atoms with Gasteiger partial charge in [-0.3, -0.25) is 9.78 Å². The SMILES string of the molecule is O=C(NCCc1ccc(Cl)cc1)c1cncc(NC2CCCCC2)c1. The molecule has 1 amide bonds. The van der Waals surface area contributed by atoms with E-state index in [0.717, 1.165) is 22.7 Å². The van der Waals surface area contributed by atoms with E-state index in [4.69, 9.17) is 11.6 Å². The van der Waals surface area contributed by atoms with Crippen LogP contribution in [0.2, 0.25) is 5.02 Å². The lowest BCUT2D eigenvalue weighted by atomic mass is 9.95. The van der Waals surface area contributed by atoms with Gasteiger partial charge in [-0.05, 0) is 43.0 Å². The van der Waals surface area contributed by atoms with E-state index >= 15 is 0 Å². The predicted octanol–water partition coefficient (Wildman–Crippen LogP) is 4.45. The molecule has 5 heteroatoms. The first-order valence-electron chi connectivity index (χ1n) is 8.95. The van der Waals surface area contributed by atoms with Crippen LogP contribution < -0.4 is 10.6 Å². The van der Waals surface area contributed by atoms with Crippen LogP contribution in [0, 0.1) is 0 Å². The summed E-state index contributed by atoms with van der Waals surface area (Å²) in [6.45, 7) is 0.584. The van der Waals surface area contributed by atoms with Crippen LogP contribution >= 0.6 is 11.6 Å². The Balaban J connectivity index is 1.51. The smallest absolute Gasteiger partial charge is 0.252 e. The highest BCUT2D eigenvalue weighted by Crippen LogP contribution is 2.21. The number of nitrogens with zero attached hydrogens (tertiary/aromatic N) is 1. The van der Waals surface area contributed by atoms with Gasteiger partial charge in [-0.2, -0.15) is 0 Å². The second-order valence-electron chi connectivity index (χ2n) is 6.57. The van der Waals surface area contributed by atoms with Gasteiger partial charge in [0.1, 0.15) is 0 Å². The standard InChI is InChI=1S/C20H24ClN3O/c21-17-8-6-15(7-9-17)10-11-23-20(25)16-12-19(14-22-13-16)24-18-4-2-1-3-5-18/h6-9,12-14,18,24H,1-5,10-11H2,(H,23,25). The fourth-order valence-corrected chi connectivity index (χ4v) is 3.33. The van der Waals surface area contributed by atoms with Crippen molar-refractivity contribution in [3.05, 3.63) is 58.9 Å². The molecule has 1 saturated carbocycles. The largest absolute Gasteiger partial charge is 0.381 e. The Kier molecular flexibility index (Phi) is 6.29. The van der Waals surface area contributed by atoms with Crippen LogP contribution in [-0.4, -0.2) is 23.5 Å². The molecule has 0 unspecified atom stereocenters. The van der Waals surface area contributed by atoms with E-state index in [9.17, 15) is 4.79 Å². The summed E-state index contributed by atoms with van der Waals surface area (Å²) in [5.74, 6) is -0.0891. The second-order valence-corrected chi connectivity index (χ2v) is 7.01. The molecule has 0 atom stereocenters. The number of hydrogen-bond acceptors (Lipinski definition) is 3. The molecular formula is C20H24ClN3O. The van der Waals surface area contributed by atoms with Gasteiger partial charge in [0.15, 0.2) is 0 Å². The Morgan fingerprint density at radius 3 is 2.64 bits per heavy atom. The van der Waals surface area contributed by atoms with Gasteiger partial charge in [0.2, 0.25) is 0 Å². The van der Waals surface area contributed by atoms with Gasteiger partial charge >= 0.3 is 0 Å². The lowest BCUT2D eigenvalue weighted by Crippen LogP contribution is -2.26. The maximum atomic E-state index is 12.3. The van der Waals surface area contributed by atoms with E-state index in [2.05, 4.69) is 15.6 Å². The van der Waals surface area contributed by atoms with Gasteiger partial charge in [-0.15, -0.1) is 0 Å². The van der Waals surface area contributed by atoms with Gasteiger partial charge in [-0.1, -0.05) is 43.0 Å². The van der Waals surface area contributed by atoms with Crippen LogP contribution in [0.4, 0.5) is 5.69 Å². The first kappa shape index (κ1) is 17.7. The summed E-state index contributed by atoms with van der Waals surface area (Å²) in [7, 11) is 0. The number of hydrogen-bond donors (Lipinski definition) is 2. The molecule has 1 aromatic heterocycles. The fourth-order valence-electron chi connectivity index (χ4n) is 3.20. The summed E-state index contributed by atoms with van der Waals surface area (Å²) in [4.78, 5) is 16.5. The molecule has 0 aliphatic heterocycles. The molecule has 1 aliphatic carbocycles. The Bertz CT molecular complexity index is 696. The number of pyridine rings is 1. The van der Waals surface area contributed by atoms with Crippen LogP contribution in [0.3, 0.4) is 0 Å². The zero-order valence-electron chi connectivity index (χ0n) is 14.3. The van der Waals surface area contributed by atoms with Crippen LogP contribution in [0.1, 0.15) is 48.0 Å². The van der Waals surface area contributed by atoms with Crippen LogP contribution in [0.25, 0.3) is 0 Å². The third-order valence-corrected chi connectivity index (χ3v) is 4.84. The normalized spacial score (nSPS) is 14.9. The van der Waals surface area contributed by atoms with Crippen LogP contribution in [0.15, 0.2) is 42.7 Å². The van der Waals surface area contributed by atoms with Crippen LogP contribution in [-0.2, 0) is 6.42 Å². The monoisotopic (exact) mass is 357 g/mol. The summed E-state index contributed by atoms with van der Waals surface area (Å²) >= 11 is 5.88. The van der Waals surface area contributed by atoms with E-state index in [1.165, 1.54) is 32.1 Å². The third kappa shape index (κ3) is 5.46. The molecule has 0 spiro atoms. The molecule has 1 aromatic carbocycles. The number of amides is 1. The molecule has 3 rings (SSSR count). The lowest BCUT2D eigenvalue weighted by Gasteiger charge is -2.23. The second kappa shape index (κ2) is 8.86. The van der Waals surface area contributed by atoms with Crippen molar-refractivity contribution in [2.75, 3.05) is 11.9 Å². The molecule has 1 aliphatic rings. The average molecular weight is 358 g/mol. The van der Waals surface area contributed by atoms with Crippen LogP contribution in [0.5, 0.6) is 0 Å². The lowest BCUT2D eigenvalue weighted by molar-refractivity contribution is 0.0954. The molecular weight excluding hydrogens is 334 g/mol. The number of rotatable bonds is 6. The minimum absolute atomic E-state index is 0.0891. The molecule has 1 heterocycles. The number of benzene rings is 1. The summed E-state index contributed by atoms with van der Waals surface area (Å²) in [6, 6.07) is 10.1. The number of anilines is 1. The molecule has 132 valence electrons. The molecule has 2 aromatic rings. The molecule has 2 N–H and O–H groups in total. The number of carbonyl (C=O) groups is 1. The maximum Gasteiger partial charge on any atom is 0.252 e. The van der Waals surface area contributed by atoms with Crippen molar-refractivity contribution >= 4 is 23.2 Å². The molecule has 25 heavy (non-hydrogen) atoms. The Labute approximate surface area is 154 Å². The van der Waals surface area contributed by atoms with Gasteiger partial charge in [0, 0.05) is 30.0 Å². The Morgan fingerprint density at radius 1 is 1.12 bits per heavy atom. The van der Waals surface area contributed by atoms with E-state index in [1.54, 1.807) is 12.4 Å². The highest BCUT2D eigenvalue weighted by molar-refractivity contribution is 6.30. The number of nitrogens with one attached hydrogen (secondary N) is 2. The molecule has 4 nitrogen and oxygen atoms in total. The van der Waals surface area contributed by atoms with E-state index in [0.29, 0.717) is 18.2 Å². The van der Waals surface area contributed by atoms with Gasteiger partial charge in [0.05, 0.1) is 11.3 Å². The summed E-state index contributed by atoms with van der Waals surface area (Å²) < 4.78 is 0. The van der Waals surface area contributed by atoms with E-state index in [1.807, 2.05) is 30.3 Å². The fraction of sp³-hybridized carbons (Fsp3) is 0.400. The van der Waals surface area contributed by atoms with Crippen molar-refractivity contribution in [3.8, 4) is 0 Å². The van der Waals surface area contributed by atoms with Crippen molar-refractivity contribution in [2.45, 2.75) is 44.6 Å². The van der Waals surface area contributed by atoms with Crippen molar-refractivity contribution in [1.82, 2.24) is 10.3 Å². The topological polar surface area (TPSA) is 54.0 Å². The number of halogens is 1. The summed E-state index contributed by atoms with van der Waals surface area (Å²) in [5, 5.41) is 7.18. The third-order valence-electron chi connectivity index (χ3n) is 4.59.